The zero-order valence-corrected chi connectivity index (χ0v) is 46.6. The maximum atomic E-state index is 13.1. The second-order valence-electron chi connectivity index (χ2n) is 21.2. The molecule has 0 aromatic rings. The fraction of sp³-hybridized carbons (Fsp3) is 0.883. The third-order valence-electron chi connectivity index (χ3n) is 14.4. The molecule has 2 aliphatic heterocycles. The molecule has 2 heterocycles. The number of allylic oxidation sites excluding steroid dienone is 6. The first-order valence-corrected chi connectivity index (χ1v) is 30.1. The summed E-state index contributed by atoms with van der Waals surface area (Å²) in [6, 6.07) is 0. The number of unbranched alkanes of at least 4 members (excludes halogenated alkanes) is 29. The van der Waals surface area contributed by atoms with Crippen molar-refractivity contribution in [2.75, 3.05) is 33.0 Å². The maximum absolute atomic E-state index is 13.1. The van der Waals surface area contributed by atoms with E-state index in [4.69, 9.17) is 28.4 Å². The number of carbonyl (C=O) groups is 1. The summed E-state index contributed by atoms with van der Waals surface area (Å²) in [6.07, 6.45) is 39.2. The average Bonchev–Trinajstić information content (AvgIpc) is 3.40. The lowest BCUT2D eigenvalue weighted by molar-refractivity contribution is -0.332. The molecule has 0 saturated carbocycles. The van der Waals surface area contributed by atoms with Gasteiger partial charge in [-0.25, -0.2) is 0 Å². The lowest BCUT2D eigenvalue weighted by Crippen LogP contribution is -2.61. The van der Waals surface area contributed by atoms with Crippen LogP contribution in [0.1, 0.15) is 239 Å². The number of esters is 1. The second kappa shape index (κ2) is 47.2. The van der Waals surface area contributed by atoms with Crippen molar-refractivity contribution in [1.29, 1.82) is 0 Å². The molecule has 2 saturated heterocycles. The summed E-state index contributed by atoms with van der Waals surface area (Å²) in [5.41, 5.74) is 0. The van der Waals surface area contributed by atoms with E-state index < -0.39 is 80.7 Å². The van der Waals surface area contributed by atoms with Crippen molar-refractivity contribution in [2.45, 2.75) is 306 Å². The molecular formula is C60H110O14. The fourth-order valence-electron chi connectivity index (χ4n) is 9.53. The van der Waals surface area contributed by atoms with Crippen LogP contribution in [0.3, 0.4) is 0 Å². The molecule has 0 spiro atoms. The van der Waals surface area contributed by atoms with Gasteiger partial charge in [0.05, 0.1) is 26.4 Å². The van der Waals surface area contributed by atoms with E-state index in [1.807, 2.05) is 0 Å². The van der Waals surface area contributed by atoms with Crippen LogP contribution in [0.5, 0.6) is 0 Å². The van der Waals surface area contributed by atoms with Crippen LogP contribution in [0, 0.1) is 0 Å². The molecular weight excluding hydrogens is 945 g/mol. The molecule has 14 nitrogen and oxygen atoms in total. The highest BCUT2D eigenvalue weighted by Gasteiger charge is 2.47. The number of hydrogen-bond donors (Lipinski definition) is 7. The minimum absolute atomic E-state index is 0.0607. The van der Waals surface area contributed by atoms with Crippen LogP contribution < -0.4 is 0 Å². The van der Waals surface area contributed by atoms with Crippen LogP contribution in [0.25, 0.3) is 0 Å². The summed E-state index contributed by atoms with van der Waals surface area (Å²) >= 11 is 0. The molecule has 0 bridgehead atoms. The Balaban J connectivity index is 1.69. The molecule has 11 atom stereocenters. The van der Waals surface area contributed by atoms with Gasteiger partial charge in [0.25, 0.3) is 0 Å². The third kappa shape index (κ3) is 33.5. The van der Waals surface area contributed by atoms with Gasteiger partial charge in [0, 0.05) is 13.0 Å². The van der Waals surface area contributed by atoms with E-state index in [0.29, 0.717) is 13.0 Å². The smallest absolute Gasteiger partial charge is 0.306 e. The molecule has 0 aromatic heterocycles. The van der Waals surface area contributed by atoms with E-state index in [2.05, 4.69) is 50.3 Å². The van der Waals surface area contributed by atoms with Crippen molar-refractivity contribution in [3.63, 3.8) is 0 Å². The van der Waals surface area contributed by atoms with E-state index in [9.17, 15) is 40.5 Å². The van der Waals surface area contributed by atoms with E-state index >= 15 is 0 Å². The highest BCUT2D eigenvalue weighted by Crippen LogP contribution is 2.27. The minimum atomic E-state index is -1.71. The van der Waals surface area contributed by atoms with E-state index in [-0.39, 0.29) is 25.6 Å². The molecule has 7 N–H and O–H groups in total. The standard InChI is InChI=1S/C60H110O14/c1-3-5-7-9-11-13-15-17-19-21-22-23-24-25-26-27-28-30-32-34-36-38-40-42-44-69-46-49(72-52(62)43-41-39-37-35-33-31-29-20-18-16-14-12-10-8-6-4-2)47-70-59-58(68)56(66)54(64)51(74-59)48-71-60-57(67)55(65)53(63)50(45-61)73-60/h15,17,21-22,24-25,49-51,53-61,63-68H,3-14,16,18-20,23,26-48H2,1-2H3/b17-15-,22-21-,25-24-. The number of aliphatic hydroxyl groups excluding tert-OH is 7. The molecule has 0 aromatic carbocycles. The third-order valence-corrected chi connectivity index (χ3v) is 14.4. The van der Waals surface area contributed by atoms with Gasteiger partial charge >= 0.3 is 5.97 Å². The maximum Gasteiger partial charge on any atom is 0.306 e. The zero-order chi connectivity index (χ0) is 53.7. The number of ether oxygens (including phenoxy) is 6. The minimum Gasteiger partial charge on any atom is -0.457 e. The fourth-order valence-corrected chi connectivity index (χ4v) is 9.53. The Morgan fingerprint density at radius 3 is 1.31 bits per heavy atom. The number of rotatable bonds is 49. The van der Waals surface area contributed by atoms with Crippen molar-refractivity contribution in [2.24, 2.45) is 0 Å². The van der Waals surface area contributed by atoms with Crippen molar-refractivity contribution >= 4 is 5.97 Å². The summed E-state index contributed by atoms with van der Waals surface area (Å²) in [4.78, 5) is 13.1. The summed E-state index contributed by atoms with van der Waals surface area (Å²) in [6.45, 7) is 3.70. The summed E-state index contributed by atoms with van der Waals surface area (Å²) < 4.78 is 34.4. The second-order valence-corrected chi connectivity index (χ2v) is 21.2. The first-order chi connectivity index (χ1) is 36.1. The lowest BCUT2D eigenvalue weighted by atomic mass is 9.98. The molecule has 0 radical (unpaired) electrons. The van der Waals surface area contributed by atoms with Crippen molar-refractivity contribution in [3.05, 3.63) is 36.5 Å². The summed E-state index contributed by atoms with van der Waals surface area (Å²) in [5.74, 6) is -0.374. The van der Waals surface area contributed by atoms with Crippen LogP contribution in [-0.2, 0) is 33.2 Å². The number of hydrogen-bond acceptors (Lipinski definition) is 14. The first-order valence-electron chi connectivity index (χ1n) is 30.1. The Kier molecular flexibility index (Phi) is 43.6. The van der Waals surface area contributed by atoms with Gasteiger partial charge in [0.1, 0.15) is 54.9 Å². The van der Waals surface area contributed by atoms with Gasteiger partial charge in [-0.2, -0.15) is 0 Å². The monoisotopic (exact) mass is 1050 g/mol. The predicted octanol–water partition coefficient (Wildman–Crippen LogP) is 10.9. The molecule has 0 aliphatic carbocycles. The van der Waals surface area contributed by atoms with Gasteiger partial charge < -0.3 is 64.2 Å². The van der Waals surface area contributed by atoms with Gasteiger partial charge in [-0.1, -0.05) is 217 Å². The van der Waals surface area contributed by atoms with Crippen LogP contribution in [0.15, 0.2) is 36.5 Å². The molecule has 434 valence electrons. The average molecular weight is 1060 g/mol. The molecule has 74 heavy (non-hydrogen) atoms. The van der Waals surface area contributed by atoms with Gasteiger partial charge in [-0.3, -0.25) is 4.79 Å². The van der Waals surface area contributed by atoms with Crippen molar-refractivity contribution < 1.29 is 69.0 Å². The highest BCUT2D eigenvalue weighted by molar-refractivity contribution is 5.69. The summed E-state index contributed by atoms with van der Waals surface area (Å²) in [5, 5.41) is 72.4. The lowest BCUT2D eigenvalue weighted by Gasteiger charge is -2.42. The van der Waals surface area contributed by atoms with Gasteiger partial charge in [-0.05, 0) is 51.4 Å². The topological polar surface area (TPSA) is 214 Å². The molecule has 2 fully saturated rings. The quantitative estimate of drug-likeness (QED) is 0.0172. The van der Waals surface area contributed by atoms with E-state index in [0.717, 1.165) is 57.8 Å². The number of carbonyl (C=O) groups excluding carboxylic acids is 1. The highest BCUT2D eigenvalue weighted by atomic mass is 16.7. The first kappa shape index (κ1) is 68.3. The number of aliphatic hydroxyl groups is 7. The Hall–Kier alpha value is -1.79. The normalized spacial score (nSPS) is 25.0. The zero-order valence-electron chi connectivity index (χ0n) is 46.6. The molecule has 2 rings (SSSR count). The Labute approximate surface area is 449 Å². The molecule has 0 amide bonds. The molecule has 14 heteroatoms. The van der Waals surface area contributed by atoms with Crippen LogP contribution in [-0.4, -0.2) is 142 Å². The van der Waals surface area contributed by atoms with Gasteiger partial charge in [-0.15, -0.1) is 0 Å². The Morgan fingerprint density at radius 2 is 0.838 bits per heavy atom. The molecule has 11 unspecified atom stereocenters. The SMILES string of the molecule is CCCCCCC/C=C\C/C=C\C/C=C\CCCCCCCCCCCOCC(COC1OC(COC2OC(CO)C(O)C(O)C2O)C(O)C(O)C1O)OC(=O)CCCCCCCCCCCCCCCCCC. The van der Waals surface area contributed by atoms with Gasteiger partial charge in [0.15, 0.2) is 12.6 Å². The van der Waals surface area contributed by atoms with E-state index in [1.54, 1.807) is 0 Å². The molecule has 2 aliphatic rings. The largest absolute Gasteiger partial charge is 0.457 e. The van der Waals surface area contributed by atoms with E-state index in [1.165, 1.54) is 154 Å². The van der Waals surface area contributed by atoms with Crippen molar-refractivity contribution in [1.82, 2.24) is 0 Å². The van der Waals surface area contributed by atoms with Crippen LogP contribution >= 0.6 is 0 Å². The van der Waals surface area contributed by atoms with Crippen LogP contribution in [0.4, 0.5) is 0 Å². The Morgan fingerprint density at radius 1 is 0.446 bits per heavy atom. The van der Waals surface area contributed by atoms with Crippen molar-refractivity contribution in [3.8, 4) is 0 Å². The Bertz CT molecular complexity index is 1360. The predicted molar refractivity (Wildman–Crippen MR) is 293 cm³/mol. The summed E-state index contributed by atoms with van der Waals surface area (Å²) in [7, 11) is 0. The van der Waals surface area contributed by atoms with Gasteiger partial charge in [0.2, 0.25) is 0 Å². The van der Waals surface area contributed by atoms with Crippen LogP contribution in [0.2, 0.25) is 0 Å².